The van der Waals surface area contributed by atoms with E-state index < -0.39 is 0 Å². The van der Waals surface area contributed by atoms with Gasteiger partial charge < -0.3 is 9.64 Å². The predicted octanol–water partition coefficient (Wildman–Crippen LogP) is 4.12. The molecule has 110 valence electrons. The van der Waals surface area contributed by atoms with Gasteiger partial charge in [-0.05, 0) is 30.5 Å². The van der Waals surface area contributed by atoms with Gasteiger partial charge >= 0.3 is 6.09 Å². The minimum Gasteiger partial charge on any atom is -0.444 e. The first-order valence-electron chi connectivity index (χ1n) is 7.39. The third-order valence-corrected chi connectivity index (χ3v) is 3.62. The number of unbranched alkanes of at least 4 members (excludes halogenated alkanes) is 3. The van der Waals surface area contributed by atoms with Gasteiger partial charge in [-0.3, -0.25) is 0 Å². The molecule has 1 aromatic carbocycles. The van der Waals surface area contributed by atoms with Gasteiger partial charge in [-0.1, -0.05) is 38.3 Å². The molecule has 1 heterocycles. The van der Waals surface area contributed by atoms with Crippen LogP contribution in [0.25, 0.3) is 0 Å². The van der Waals surface area contributed by atoms with Crippen LogP contribution in [0, 0.1) is 5.82 Å². The number of carbonyl (C=O) groups is 1. The van der Waals surface area contributed by atoms with E-state index in [1.807, 2.05) is 0 Å². The summed E-state index contributed by atoms with van der Waals surface area (Å²) >= 11 is 0. The van der Waals surface area contributed by atoms with Crippen molar-refractivity contribution in [2.45, 2.75) is 51.7 Å². The molecule has 1 aliphatic rings. The number of nitrogens with zero attached hydrogens (tertiary/aromatic N) is 1. The van der Waals surface area contributed by atoms with E-state index in [9.17, 15) is 9.18 Å². The van der Waals surface area contributed by atoms with Crippen LogP contribution in [0.15, 0.2) is 24.3 Å². The van der Waals surface area contributed by atoms with Gasteiger partial charge in [-0.2, -0.15) is 0 Å². The molecular formula is C16H22FNO2. The summed E-state index contributed by atoms with van der Waals surface area (Å²) in [6.45, 7) is 3.31. The average molecular weight is 279 g/mol. The molecule has 0 radical (unpaired) electrons. The Balaban J connectivity index is 1.78. The lowest BCUT2D eigenvalue weighted by atomic mass is 10.1. The molecule has 20 heavy (non-hydrogen) atoms. The maximum absolute atomic E-state index is 12.8. The summed E-state index contributed by atoms with van der Waals surface area (Å²) in [5.74, 6) is -0.258. The van der Waals surface area contributed by atoms with Gasteiger partial charge in [-0.15, -0.1) is 0 Å². The molecule has 0 spiro atoms. The Labute approximate surface area is 119 Å². The molecule has 0 saturated carbocycles. The van der Waals surface area contributed by atoms with Gasteiger partial charge in [0.1, 0.15) is 11.9 Å². The van der Waals surface area contributed by atoms with Crippen molar-refractivity contribution in [1.29, 1.82) is 0 Å². The van der Waals surface area contributed by atoms with Gasteiger partial charge in [0.25, 0.3) is 0 Å². The lowest BCUT2D eigenvalue weighted by Crippen LogP contribution is -2.24. The number of cyclic esters (lactones) is 1. The highest BCUT2D eigenvalue weighted by atomic mass is 19.1. The molecule has 1 saturated heterocycles. The summed E-state index contributed by atoms with van der Waals surface area (Å²) < 4.78 is 18.2. The number of hydrogen-bond acceptors (Lipinski definition) is 2. The number of hydrogen-bond donors (Lipinski definition) is 0. The van der Waals surface area contributed by atoms with E-state index in [2.05, 4.69) is 6.92 Å². The molecule has 1 aromatic rings. The third-order valence-electron chi connectivity index (χ3n) is 3.62. The van der Waals surface area contributed by atoms with E-state index in [0.29, 0.717) is 13.1 Å². The number of ether oxygens (including phenoxy) is 1. The first kappa shape index (κ1) is 14.8. The maximum Gasteiger partial charge on any atom is 0.410 e. The van der Waals surface area contributed by atoms with Crippen molar-refractivity contribution < 1.29 is 13.9 Å². The van der Waals surface area contributed by atoms with Crippen molar-refractivity contribution in [2.24, 2.45) is 0 Å². The van der Waals surface area contributed by atoms with E-state index in [0.717, 1.165) is 18.4 Å². The Kier molecular flexibility index (Phi) is 5.39. The predicted molar refractivity (Wildman–Crippen MR) is 75.8 cm³/mol. The quantitative estimate of drug-likeness (QED) is 0.703. The highest BCUT2D eigenvalue weighted by molar-refractivity contribution is 5.69. The second-order valence-corrected chi connectivity index (χ2v) is 5.36. The largest absolute Gasteiger partial charge is 0.444 e. The van der Waals surface area contributed by atoms with E-state index in [4.69, 9.17) is 4.74 Å². The second kappa shape index (κ2) is 7.27. The standard InChI is InChI=1S/C16H22FNO2/c1-2-3-4-5-6-15-12-18(16(19)20-15)11-13-7-9-14(17)10-8-13/h7-10,15H,2-6,11-12H2,1H3. The van der Waals surface area contributed by atoms with E-state index >= 15 is 0 Å². The highest BCUT2D eigenvalue weighted by Crippen LogP contribution is 2.19. The average Bonchev–Trinajstić information content (AvgIpc) is 2.78. The second-order valence-electron chi connectivity index (χ2n) is 5.36. The van der Waals surface area contributed by atoms with Crippen molar-refractivity contribution in [3.63, 3.8) is 0 Å². The SMILES string of the molecule is CCCCCCC1CN(Cc2ccc(F)cc2)C(=O)O1. The van der Waals surface area contributed by atoms with E-state index in [1.165, 1.54) is 31.4 Å². The molecular weight excluding hydrogens is 257 g/mol. The van der Waals surface area contributed by atoms with Crippen molar-refractivity contribution in [3.05, 3.63) is 35.6 Å². The lowest BCUT2D eigenvalue weighted by molar-refractivity contribution is 0.127. The Morgan fingerprint density at radius 3 is 2.70 bits per heavy atom. The molecule has 1 amide bonds. The zero-order chi connectivity index (χ0) is 14.4. The minimum atomic E-state index is -0.258. The fourth-order valence-electron chi connectivity index (χ4n) is 2.46. The number of rotatable bonds is 7. The van der Waals surface area contributed by atoms with Crippen molar-refractivity contribution in [3.8, 4) is 0 Å². The number of carbonyl (C=O) groups excluding carboxylic acids is 1. The molecule has 1 fully saturated rings. The van der Waals surface area contributed by atoms with Crippen LogP contribution in [-0.2, 0) is 11.3 Å². The minimum absolute atomic E-state index is 0.0137. The van der Waals surface area contributed by atoms with Gasteiger partial charge in [0, 0.05) is 6.54 Å². The molecule has 0 N–H and O–H groups in total. The van der Waals surface area contributed by atoms with Crippen molar-refractivity contribution in [2.75, 3.05) is 6.54 Å². The molecule has 3 nitrogen and oxygen atoms in total. The smallest absolute Gasteiger partial charge is 0.410 e. The van der Waals surface area contributed by atoms with E-state index in [-0.39, 0.29) is 18.0 Å². The topological polar surface area (TPSA) is 29.5 Å². The number of amides is 1. The molecule has 1 unspecified atom stereocenters. The summed E-state index contributed by atoms with van der Waals surface area (Å²) in [5.41, 5.74) is 0.926. The summed E-state index contributed by atoms with van der Waals surface area (Å²) in [6.07, 6.45) is 5.44. The summed E-state index contributed by atoms with van der Waals surface area (Å²) in [7, 11) is 0. The van der Waals surface area contributed by atoms with Crippen molar-refractivity contribution >= 4 is 6.09 Å². The van der Waals surface area contributed by atoms with Gasteiger partial charge in [0.15, 0.2) is 0 Å². The van der Waals surface area contributed by atoms with Crippen LogP contribution < -0.4 is 0 Å². The fraction of sp³-hybridized carbons (Fsp3) is 0.562. The van der Waals surface area contributed by atoms with Crippen LogP contribution >= 0.6 is 0 Å². The molecule has 0 aliphatic carbocycles. The summed E-state index contributed by atoms with van der Waals surface area (Å²) in [6, 6.07) is 6.24. The Hall–Kier alpha value is -1.58. The summed E-state index contributed by atoms with van der Waals surface area (Å²) in [4.78, 5) is 13.5. The Bertz CT molecular complexity index is 433. The fourth-order valence-corrected chi connectivity index (χ4v) is 2.46. The lowest BCUT2D eigenvalue weighted by Gasteiger charge is -2.12. The third kappa shape index (κ3) is 4.22. The summed E-state index contributed by atoms with van der Waals surface area (Å²) in [5, 5.41) is 0. The normalized spacial score (nSPS) is 18.4. The van der Waals surface area contributed by atoms with Gasteiger partial charge in [0.05, 0.1) is 6.54 Å². The highest BCUT2D eigenvalue weighted by Gasteiger charge is 2.30. The monoisotopic (exact) mass is 279 g/mol. The van der Waals surface area contributed by atoms with Crippen LogP contribution in [0.2, 0.25) is 0 Å². The molecule has 0 aromatic heterocycles. The van der Waals surface area contributed by atoms with Gasteiger partial charge in [0.2, 0.25) is 0 Å². The first-order chi connectivity index (χ1) is 9.69. The van der Waals surface area contributed by atoms with E-state index in [1.54, 1.807) is 17.0 Å². The molecule has 2 rings (SSSR count). The maximum atomic E-state index is 12.8. The first-order valence-corrected chi connectivity index (χ1v) is 7.39. The Morgan fingerprint density at radius 1 is 1.25 bits per heavy atom. The molecule has 0 bridgehead atoms. The van der Waals surface area contributed by atoms with Crippen molar-refractivity contribution in [1.82, 2.24) is 4.90 Å². The van der Waals surface area contributed by atoms with Crippen LogP contribution in [-0.4, -0.2) is 23.6 Å². The van der Waals surface area contributed by atoms with Gasteiger partial charge in [-0.25, -0.2) is 9.18 Å². The van der Waals surface area contributed by atoms with Crippen LogP contribution in [0.4, 0.5) is 9.18 Å². The van der Waals surface area contributed by atoms with Crippen LogP contribution in [0.5, 0.6) is 0 Å². The zero-order valence-corrected chi connectivity index (χ0v) is 12.0. The molecule has 1 atom stereocenters. The Morgan fingerprint density at radius 2 is 2.00 bits per heavy atom. The van der Waals surface area contributed by atoms with Crippen LogP contribution in [0.3, 0.4) is 0 Å². The van der Waals surface area contributed by atoms with Crippen LogP contribution in [0.1, 0.15) is 44.6 Å². The molecule has 4 heteroatoms. The molecule has 1 aliphatic heterocycles. The number of halogens is 1. The zero-order valence-electron chi connectivity index (χ0n) is 12.0. The number of benzene rings is 1.